The molecular weight excluding hydrogens is 351 g/mol. The zero-order chi connectivity index (χ0) is 13.9. The Bertz CT molecular complexity index is 350. The van der Waals surface area contributed by atoms with Crippen LogP contribution in [0.5, 0.6) is 0 Å². The van der Waals surface area contributed by atoms with Gasteiger partial charge in [0, 0.05) is 4.43 Å². The number of halogens is 1. The molecule has 0 bridgehead atoms. The average molecular weight is 368 g/mol. The number of hydrogen-bond donors (Lipinski definition) is 3. The summed E-state index contributed by atoms with van der Waals surface area (Å²) in [6.07, 6.45) is -0.431. The third-order valence-corrected chi connectivity index (χ3v) is 3.86. The molecule has 1 unspecified atom stereocenters. The zero-order valence-electron chi connectivity index (χ0n) is 10.3. The van der Waals surface area contributed by atoms with Gasteiger partial charge in [0.2, 0.25) is 11.8 Å². The monoisotopic (exact) mass is 368 g/mol. The maximum atomic E-state index is 12.0. The smallest absolute Gasteiger partial charge is 0.328 e. The molecule has 0 aromatic carbocycles. The van der Waals surface area contributed by atoms with E-state index in [0.717, 1.165) is 0 Å². The lowest BCUT2D eigenvalue weighted by Gasteiger charge is -2.36. The molecule has 1 aliphatic heterocycles. The number of nitrogens with one attached hydrogen (secondary N) is 2. The topological polar surface area (TPSA) is 95.5 Å². The molecule has 6 nitrogen and oxygen atoms in total. The van der Waals surface area contributed by atoms with Crippen LogP contribution in [0.25, 0.3) is 0 Å². The van der Waals surface area contributed by atoms with Gasteiger partial charge in [0.05, 0.1) is 6.10 Å². The largest absolute Gasteiger partial charge is 0.392 e. The minimum Gasteiger partial charge on any atom is -0.392 e. The van der Waals surface area contributed by atoms with E-state index in [9.17, 15) is 19.5 Å². The summed E-state index contributed by atoms with van der Waals surface area (Å²) in [6, 6.07) is -0.798. The molecule has 1 aliphatic rings. The lowest BCUT2D eigenvalue weighted by molar-refractivity contribution is -0.147. The molecule has 3 N–H and O–H groups in total. The second-order valence-electron chi connectivity index (χ2n) is 4.93. The lowest BCUT2D eigenvalue weighted by atomic mass is 9.73. The van der Waals surface area contributed by atoms with Gasteiger partial charge in [-0.3, -0.25) is 20.2 Å². The van der Waals surface area contributed by atoms with E-state index in [1.807, 2.05) is 36.4 Å². The van der Waals surface area contributed by atoms with Gasteiger partial charge in [-0.1, -0.05) is 36.4 Å². The molecule has 1 saturated heterocycles. The van der Waals surface area contributed by atoms with Gasteiger partial charge < -0.3 is 5.11 Å². The Morgan fingerprint density at radius 1 is 1.17 bits per heavy atom. The van der Waals surface area contributed by atoms with Crippen molar-refractivity contribution in [2.75, 3.05) is 4.43 Å². The van der Waals surface area contributed by atoms with E-state index < -0.39 is 29.4 Å². The molecule has 1 fully saturated rings. The van der Waals surface area contributed by atoms with Crippen LogP contribution in [0.1, 0.15) is 26.7 Å². The molecular formula is C11H17IN2O4. The Labute approximate surface area is 119 Å². The first-order chi connectivity index (χ1) is 8.31. The van der Waals surface area contributed by atoms with Gasteiger partial charge in [0.25, 0.3) is 0 Å². The van der Waals surface area contributed by atoms with Gasteiger partial charge in [-0.25, -0.2) is 4.79 Å². The van der Waals surface area contributed by atoms with Gasteiger partial charge in [-0.2, -0.15) is 0 Å². The number of hydrogen-bond acceptors (Lipinski definition) is 4. The molecule has 0 radical (unpaired) electrons. The minimum absolute atomic E-state index is 0.0269. The van der Waals surface area contributed by atoms with Gasteiger partial charge in [0.1, 0.15) is 5.41 Å². The summed E-state index contributed by atoms with van der Waals surface area (Å²) in [5, 5.41) is 14.0. The normalized spacial score (nSPS) is 20.6. The molecule has 0 aromatic heterocycles. The first-order valence-electron chi connectivity index (χ1n) is 5.72. The Kier molecular flexibility index (Phi) is 5.09. The summed E-state index contributed by atoms with van der Waals surface area (Å²) in [4.78, 5) is 35.1. The van der Waals surface area contributed by atoms with Crippen molar-refractivity contribution in [1.29, 1.82) is 0 Å². The highest BCUT2D eigenvalue weighted by Crippen LogP contribution is 2.34. The van der Waals surface area contributed by atoms with Crippen molar-refractivity contribution in [3.05, 3.63) is 0 Å². The molecule has 4 amide bonds. The van der Waals surface area contributed by atoms with Crippen molar-refractivity contribution in [2.24, 2.45) is 11.3 Å². The molecule has 1 rings (SSSR count). The summed E-state index contributed by atoms with van der Waals surface area (Å²) in [7, 11) is 0. The Balaban J connectivity index is 3.05. The van der Waals surface area contributed by atoms with E-state index in [1.165, 1.54) is 0 Å². The predicted molar refractivity (Wildman–Crippen MR) is 73.1 cm³/mol. The van der Waals surface area contributed by atoms with E-state index in [-0.39, 0.29) is 12.3 Å². The van der Waals surface area contributed by atoms with E-state index in [1.54, 1.807) is 0 Å². The maximum absolute atomic E-state index is 12.0. The van der Waals surface area contributed by atoms with Gasteiger partial charge in [0.15, 0.2) is 0 Å². The van der Waals surface area contributed by atoms with Crippen LogP contribution >= 0.6 is 22.6 Å². The molecule has 102 valence electrons. The van der Waals surface area contributed by atoms with E-state index >= 15 is 0 Å². The van der Waals surface area contributed by atoms with Crippen LogP contribution in [0.2, 0.25) is 0 Å². The Morgan fingerprint density at radius 3 is 2.06 bits per heavy atom. The SMILES string of the molecule is CC(C)CC1(CC(O)CI)C(=O)NC(=O)NC1=O. The molecule has 1 heterocycles. The molecule has 0 spiro atoms. The Hall–Kier alpha value is -0.700. The highest BCUT2D eigenvalue weighted by Gasteiger charge is 2.51. The number of amides is 4. The number of aliphatic hydroxyl groups is 1. The fraction of sp³-hybridized carbons (Fsp3) is 0.727. The first-order valence-corrected chi connectivity index (χ1v) is 7.25. The third kappa shape index (κ3) is 3.19. The third-order valence-electron chi connectivity index (χ3n) is 2.84. The van der Waals surface area contributed by atoms with Crippen LogP contribution in [-0.4, -0.2) is 33.5 Å². The standard InChI is InChI=1S/C11H17IN2O4/c1-6(2)3-11(4-7(15)5-12)8(16)13-10(18)14-9(11)17/h6-7,15H,3-5H2,1-2H3,(H2,13,14,16,17,18). The van der Waals surface area contributed by atoms with Crippen molar-refractivity contribution in [3.8, 4) is 0 Å². The highest BCUT2D eigenvalue weighted by molar-refractivity contribution is 14.1. The lowest BCUT2D eigenvalue weighted by Crippen LogP contribution is -2.63. The number of alkyl halides is 1. The minimum atomic E-state index is -1.35. The van der Waals surface area contributed by atoms with Gasteiger partial charge in [-0.15, -0.1) is 0 Å². The fourth-order valence-corrected chi connectivity index (χ4v) is 2.50. The van der Waals surface area contributed by atoms with Crippen LogP contribution in [0.15, 0.2) is 0 Å². The van der Waals surface area contributed by atoms with Crippen molar-refractivity contribution in [1.82, 2.24) is 10.6 Å². The summed E-state index contributed by atoms with van der Waals surface area (Å²) < 4.78 is 0.423. The Morgan fingerprint density at radius 2 is 1.67 bits per heavy atom. The van der Waals surface area contributed by atoms with Crippen LogP contribution in [0.4, 0.5) is 4.79 Å². The quantitative estimate of drug-likeness (QED) is 0.376. The van der Waals surface area contributed by atoms with E-state index in [0.29, 0.717) is 10.8 Å². The summed E-state index contributed by atoms with van der Waals surface area (Å²) >= 11 is 1.99. The number of rotatable bonds is 5. The fourth-order valence-electron chi connectivity index (χ4n) is 2.19. The van der Waals surface area contributed by atoms with Crippen LogP contribution < -0.4 is 10.6 Å². The molecule has 7 heteroatoms. The highest BCUT2D eigenvalue weighted by atomic mass is 127. The molecule has 0 aliphatic carbocycles. The van der Waals surface area contributed by atoms with E-state index in [4.69, 9.17) is 0 Å². The van der Waals surface area contributed by atoms with Gasteiger partial charge >= 0.3 is 6.03 Å². The van der Waals surface area contributed by atoms with Crippen LogP contribution in [0, 0.1) is 11.3 Å². The average Bonchev–Trinajstić information content (AvgIpc) is 2.24. The summed E-state index contributed by atoms with van der Waals surface area (Å²) in [6.45, 7) is 3.77. The van der Waals surface area contributed by atoms with Crippen LogP contribution in [-0.2, 0) is 9.59 Å². The molecule has 0 aromatic rings. The molecule has 0 saturated carbocycles. The number of carbonyl (C=O) groups is 3. The zero-order valence-corrected chi connectivity index (χ0v) is 12.5. The number of imide groups is 2. The predicted octanol–water partition coefficient (Wildman–Crippen LogP) is 0.571. The summed E-state index contributed by atoms with van der Waals surface area (Å²) in [5.41, 5.74) is -1.35. The van der Waals surface area contributed by atoms with Crippen molar-refractivity contribution in [3.63, 3.8) is 0 Å². The van der Waals surface area contributed by atoms with Crippen molar-refractivity contribution < 1.29 is 19.5 Å². The maximum Gasteiger partial charge on any atom is 0.328 e. The number of aliphatic hydroxyl groups excluding tert-OH is 1. The number of urea groups is 1. The first kappa shape index (κ1) is 15.4. The van der Waals surface area contributed by atoms with Gasteiger partial charge in [-0.05, 0) is 18.8 Å². The second kappa shape index (κ2) is 5.96. The van der Waals surface area contributed by atoms with E-state index in [2.05, 4.69) is 10.6 Å². The molecule has 18 heavy (non-hydrogen) atoms. The number of carbonyl (C=O) groups excluding carboxylic acids is 3. The summed E-state index contributed by atoms with van der Waals surface area (Å²) in [5.74, 6) is -1.14. The second-order valence-corrected chi connectivity index (χ2v) is 5.81. The van der Waals surface area contributed by atoms with Crippen molar-refractivity contribution in [2.45, 2.75) is 32.8 Å². The van der Waals surface area contributed by atoms with Crippen molar-refractivity contribution >= 4 is 40.4 Å². The van der Waals surface area contributed by atoms with Crippen LogP contribution in [0.3, 0.4) is 0 Å². The molecule has 1 atom stereocenters. The number of barbiturate groups is 1.